The zero-order valence-electron chi connectivity index (χ0n) is 16.5. The Bertz CT molecular complexity index is 1360. The van der Waals surface area contributed by atoms with Crippen LogP contribution in [0.15, 0.2) is 78.6 Å². The number of ether oxygens (including phenoxy) is 1. The van der Waals surface area contributed by atoms with Crippen molar-refractivity contribution in [3.8, 4) is 5.75 Å². The number of benzene rings is 3. The third kappa shape index (κ3) is 2.91. The maximum Gasteiger partial charge on any atom is 0.226 e. The molecule has 2 unspecified atom stereocenters. The number of para-hydroxylation sites is 1. The summed E-state index contributed by atoms with van der Waals surface area (Å²) in [5, 5.41) is 8.75. The lowest BCUT2D eigenvalue weighted by Gasteiger charge is -2.39. The van der Waals surface area contributed by atoms with Gasteiger partial charge in [0.15, 0.2) is 6.10 Å². The Morgan fingerprint density at radius 2 is 1.78 bits per heavy atom. The van der Waals surface area contributed by atoms with Crippen molar-refractivity contribution in [3.05, 3.63) is 111 Å². The Morgan fingerprint density at radius 3 is 2.59 bits per heavy atom. The maximum absolute atomic E-state index is 15.1. The summed E-state index contributed by atoms with van der Waals surface area (Å²) in [6.07, 6.45) is 0.709. The molecule has 5 nitrogen and oxygen atoms in total. The van der Waals surface area contributed by atoms with Gasteiger partial charge in [-0.25, -0.2) is 9.07 Å². The van der Waals surface area contributed by atoms with E-state index in [1.165, 1.54) is 12.4 Å². The fourth-order valence-electron chi connectivity index (χ4n) is 4.39. The number of fused-ring (bicyclic) bond motifs is 3. The van der Waals surface area contributed by atoms with Gasteiger partial charge in [0.2, 0.25) is 5.95 Å². The predicted molar refractivity (Wildman–Crippen MR) is 121 cm³/mol. The minimum atomic E-state index is -0.779. The molecule has 0 aliphatic carbocycles. The molecule has 2 atom stereocenters. The molecule has 1 aromatic heterocycles. The Morgan fingerprint density at radius 1 is 0.969 bits per heavy atom. The molecule has 0 saturated heterocycles. The lowest BCUT2D eigenvalue weighted by atomic mass is 9.84. The number of nitrogens with zero attached hydrogens (tertiary/aromatic N) is 3. The molecule has 0 bridgehead atoms. The topological polar surface area (TPSA) is 52.0 Å². The highest BCUT2D eigenvalue weighted by molar-refractivity contribution is 6.31. The number of halogens is 3. The number of anilines is 1. The van der Waals surface area contributed by atoms with Gasteiger partial charge < -0.3 is 10.1 Å². The van der Waals surface area contributed by atoms with Crippen LogP contribution in [0.4, 0.5) is 10.3 Å². The second kappa shape index (κ2) is 7.36. The van der Waals surface area contributed by atoms with Crippen molar-refractivity contribution in [3.63, 3.8) is 0 Å². The van der Waals surface area contributed by atoms with E-state index in [9.17, 15) is 0 Å². The van der Waals surface area contributed by atoms with Crippen LogP contribution >= 0.6 is 23.2 Å². The maximum atomic E-state index is 15.1. The van der Waals surface area contributed by atoms with Gasteiger partial charge in [0, 0.05) is 16.2 Å². The zero-order chi connectivity index (χ0) is 21.8. The number of rotatable bonds is 2. The third-order valence-corrected chi connectivity index (χ3v) is 6.35. The molecule has 0 amide bonds. The second-order valence-corrected chi connectivity index (χ2v) is 8.41. The van der Waals surface area contributed by atoms with Crippen molar-refractivity contribution in [2.24, 2.45) is 0 Å². The lowest BCUT2D eigenvalue weighted by molar-refractivity contribution is 0.218. The molecule has 2 aliphatic heterocycles. The zero-order valence-corrected chi connectivity index (χ0v) is 18.0. The first kappa shape index (κ1) is 19.3. The highest BCUT2D eigenvalue weighted by Crippen LogP contribution is 2.51. The van der Waals surface area contributed by atoms with Crippen LogP contribution in [0.2, 0.25) is 10.0 Å². The van der Waals surface area contributed by atoms with Crippen molar-refractivity contribution in [2.75, 3.05) is 5.32 Å². The van der Waals surface area contributed by atoms with Gasteiger partial charge in [-0.1, -0.05) is 53.5 Å². The molecule has 6 rings (SSSR count). The van der Waals surface area contributed by atoms with E-state index in [1.54, 1.807) is 16.8 Å². The Hall–Kier alpha value is -3.35. The minimum absolute atomic E-state index is 0.278. The van der Waals surface area contributed by atoms with Crippen LogP contribution in [0.5, 0.6) is 5.75 Å². The summed E-state index contributed by atoms with van der Waals surface area (Å²) in [5.74, 6) is 0.776. The summed E-state index contributed by atoms with van der Waals surface area (Å²) in [4.78, 5) is 4.39. The van der Waals surface area contributed by atoms with Crippen LogP contribution in [0.3, 0.4) is 0 Å². The molecule has 4 aromatic rings. The minimum Gasteiger partial charge on any atom is -0.480 e. The second-order valence-electron chi connectivity index (χ2n) is 7.57. The summed E-state index contributed by atoms with van der Waals surface area (Å²) >= 11 is 12.6. The van der Waals surface area contributed by atoms with E-state index in [-0.39, 0.29) is 5.56 Å². The summed E-state index contributed by atoms with van der Waals surface area (Å²) < 4.78 is 23.3. The van der Waals surface area contributed by atoms with Gasteiger partial charge in [-0.3, -0.25) is 0 Å². The van der Waals surface area contributed by atoms with Gasteiger partial charge in [0.25, 0.3) is 0 Å². The lowest BCUT2D eigenvalue weighted by Crippen LogP contribution is -2.32. The smallest absolute Gasteiger partial charge is 0.226 e. The highest BCUT2D eigenvalue weighted by Gasteiger charge is 2.42. The molecule has 1 N–H and O–H groups in total. The van der Waals surface area contributed by atoms with E-state index in [2.05, 4.69) is 15.4 Å². The van der Waals surface area contributed by atoms with Crippen LogP contribution in [0, 0.1) is 5.82 Å². The SMILES string of the molecule is Fc1cccc(Cl)c1C1Oc2ccccc2C2=C1C(c1ccc(Cl)cc1)n1ncnc1N2. The highest BCUT2D eigenvalue weighted by atomic mass is 35.5. The van der Waals surface area contributed by atoms with Crippen molar-refractivity contribution >= 4 is 34.8 Å². The average molecular weight is 465 g/mol. The number of hydrogen-bond acceptors (Lipinski definition) is 4. The standard InChI is InChI=1S/C24H15Cl2FN4O/c25-14-10-8-13(9-11-14)22-20-21(30-24-28-12-29-31(22)24)15-4-1-2-7-18(15)32-23(20)19-16(26)5-3-6-17(19)27/h1-12,22-23H,(H,28,29,30). The average Bonchev–Trinajstić information content (AvgIpc) is 3.26. The fourth-order valence-corrected chi connectivity index (χ4v) is 4.77. The molecule has 0 radical (unpaired) electrons. The van der Waals surface area contributed by atoms with Gasteiger partial charge in [0.05, 0.1) is 16.3 Å². The molecule has 3 heterocycles. The van der Waals surface area contributed by atoms with E-state index in [1.807, 2.05) is 48.5 Å². The first-order valence-corrected chi connectivity index (χ1v) is 10.7. The van der Waals surface area contributed by atoms with E-state index in [4.69, 9.17) is 27.9 Å². The van der Waals surface area contributed by atoms with Crippen LogP contribution in [-0.2, 0) is 0 Å². The van der Waals surface area contributed by atoms with E-state index < -0.39 is 18.0 Å². The van der Waals surface area contributed by atoms with Gasteiger partial charge in [-0.2, -0.15) is 10.1 Å². The fraction of sp³-hybridized carbons (Fsp3) is 0.0833. The molecule has 32 heavy (non-hydrogen) atoms. The summed E-state index contributed by atoms with van der Waals surface area (Å²) in [5.41, 5.74) is 3.64. The van der Waals surface area contributed by atoms with Crippen LogP contribution in [0.25, 0.3) is 5.70 Å². The Balaban J connectivity index is 1.66. The first-order valence-electron chi connectivity index (χ1n) is 9.98. The normalized spacial score (nSPS) is 18.8. The van der Waals surface area contributed by atoms with Gasteiger partial charge >= 0.3 is 0 Å². The number of hydrogen-bond donors (Lipinski definition) is 1. The van der Waals surface area contributed by atoms with Crippen LogP contribution in [0.1, 0.15) is 28.8 Å². The van der Waals surface area contributed by atoms with Crippen LogP contribution < -0.4 is 10.1 Å². The van der Waals surface area contributed by atoms with Crippen molar-refractivity contribution in [1.82, 2.24) is 14.8 Å². The predicted octanol–water partition coefficient (Wildman–Crippen LogP) is 6.28. The first-order chi connectivity index (χ1) is 15.6. The van der Waals surface area contributed by atoms with E-state index in [0.717, 1.165) is 22.4 Å². The Labute approximate surface area is 193 Å². The van der Waals surface area contributed by atoms with E-state index >= 15 is 4.39 Å². The number of nitrogens with one attached hydrogen (secondary N) is 1. The largest absolute Gasteiger partial charge is 0.480 e. The molecule has 158 valence electrons. The summed E-state index contributed by atoms with van der Waals surface area (Å²) in [7, 11) is 0. The van der Waals surface area contributed by atoms with Crippen molar-refractivity contribution in [2.45, 2.75) is 12.1 Å². The molecule has 8 heteroatoms. The van der Waals surface area contributed by atoms with Crippen molar-refractivity contribution in [1.29, 1.82) is 0 Å². The quantitative estimate of drug-likeness (QED) is 0.379. The molecular weight excluding hydrogens is 450 g/mol. The molecule has 0 fully saturated rings. The Kier molecular flexibility index (Phi) is 4.45. The van der Waals surface area contributed by atoms with Gasteiger partial charge in [0.1, 0.15) is 23.9 Å². The van der Waals surface area contributed by atoms with Gasteiger partial charge in [-0.05, 0) is 42.0 Å². The molecule has 2 aliphatic rings. The molecule has 0 saturated carbocycles. The third-order valence-electron chi connectivity index (χ3n) is 5.77. The molecular formula is C24H15Cl2FN4O. The monoisotopic (exact) mass is 464 g/mol. The summed E-state index contributed by atoms with van der Waals surface area (Å²) in [6, 6.07) is 19.3. The molecule has 0 spiro atoms. The number of aromatic nitrogens is 3. The van der Waals surface area contributed by atoms with E-state index in [0.29, 0.717) is 21.7 Å². The summed E-state index contributed by atoms with van der Waals surface area (Å²) in [6.45, 7) is 0. The van der Waals surface area contributed by atoms with Crippen LogP contribution in [-0.4, -0.2) is 14.8 Å². The molecule has 3 aromatic carbocycles. The van der Waals surface area contributed by atoms with Gasteiger partial charge in [-0.15, -0.1) is 0 Å². The van der Waals surface area contributed by atoms with Crippen molar-refractivity contribution < 1.29 is 9.13 Å².